The van der Waals surface area contributed by atoms with Gasteiger partial charge in [-0.15, -0.1) is 0 Å². The summed E-state index contributed by atoms with van der Waals surface area (Å²) in [7, 11) is 1.53. The molecule has 0 bridgehead atoms. The van der Waals surface area contributed by atoms with Crippen LogP contribution in [-0.4, -0.2) is 48.0 Å². The van der Waals surface area contributed by atoms with Crippen LogP contribution in [0.5, 0.6) is 5.75 Å². The van der Waals surface area contributed by atoms with Crippen molar-refractivity contribution in [2.45, 2.75) is 12.1 Å². The number of fused-ring (bicyclic) bond motifs is 3. The number of carbonyl (C=O) groups excluding carboxylic acids is 3. The van der Waals surface area contributed by atoms with Gasteiger partial charge >= 0.3 is 0 Å². The number of halogens is 1. The zero-order chi connectivity index (χ0) is 21.7. The minimum absolute atomic E-state index is 0.0996. The summed E-state index contributed by atoms with van der Waals surface area (Å²) in [5.41, 5.74) is 0.275. The largest absolute Gasteiger partial charge is 0.497 e. The van der Waals surface area contributed by atoms with E-state index in [4.69, 9.17) is 4.74 Å². The van der Waals surface area contributed by atoms with E-state index >= 15 is 0 Å². The zero-order valence-corrected chi connectivity index (χ0v) is 16.5. The lowest BCUT2D eigenvalue weighted by Gasteiger charge is -2.30. The highest BCUT2D eigenvalue weighted by Crippen LogP contribution is 2.46. The summed E-state index contributed by atoms with van der Waals surface area (Å²) < 4.78 is 19.6. The normalized spacial score (nSPS) is 26.3. The number of allylic oxidation sites excluding steroid dienone is 1. The molecule has 2 fully saturated rings. The Bertz CT molecular complexity index is 1140. The standard InChI is InChI=1S/C23H18FN3O4/c1-31-14-10-8-13(9-11-14)21(28)20-19-18(17-7-4-12-25-27(17)20)22(29)26(23(19)30)16-6-3-2-5-15(16)24/h2-12,17-20H,1H3. The Labute approximate surface area is 177 Å². The van der Waals surface area contributed by atoms with Crippen LogP contribution in [0.3, 0.4) is 0 Å². The number of hydrazone groups is 1. The molecule has 0 saturated carbocycles. The Morgan fingerprint density at radius 3 is 2.45 bits per heavy atom. The molecule has 7 nitrogen and oxygen atoms in total. The summed E-state index contributed by atoms with van der Waals surface area (Å²) in [4.78, 5) is 41.0. The summed E-state index contributed by atoms with van der Waals surface area (Å²) in [5, 5.41) is 5.82. The van der Waals surface area contributed by atoms with Gasteiger partial charge in [-0.25, -0.2) is 9.29 Å². The van der Waals surface area contributed by atoms with Gasteiger partial charge in [0.25, 0.3) is 0 Å². The van der Waals surface area contributed by atoms with Crippen molar-refractivity contribution in [2.75, 3.05) is 12.0 Å². The first-order valence-corrected chi connectivity index (χ1v) is 9.82. The van der Waals surface area contributed by atoms with Gasteiger partial charge in [-0.2, -0.15) is 5.10 Å². The Morgan fingerprint density at radius 2 is 1.74 bits per heavy atom. The third-order valence-corrected chi connectivity index (χ3v) is 6.03. The van der Waals surface area contributed by atoms with Crippen LogP contribution >= 0.6 is 0 Å². The maximum Gasteiger partial charge on any atom is 0.240 e. The van der Waals surface area contributed by atoms with E-state index in [1.807, 2.05) is 0 Å². The second-order valence-corrected chi connectivity index (χ2v) is 7.57. The molecule has 0 aliphatic carbocycles. The van der Waals surface area contributed by atoms with Gasteiger partial charge < -0.3 is 4.74 Å². The van der Waals surface area contributed by atoms with E-state index in [-0.39, 0.29) is 11.5 Å². The van der Waals surface area contributed by atoms with Crippen LogP contribution in [0.2, 0.25) is 0 Å². The second kappa shape index (κ2) is 7.16. The van der Waals surface area contributed by atoms with Crippen molar-refractivity contribution >= 4 is 29.5 Å². The Kier molecular flexibility index (Phi) is 4.43. The number of benzene rings is 2. The fourth-order valence-electron chi connectivity index (χ4n) is 4.63. The van der Waals surface area contributed by atoms with Crippen LogP contribution in [-0.2, 0) is 9.59 Å². The highest BCUT2D eigenvalue weighted by molar-refractivity contribution is 6.24. The molecule has 2 saturated heterocycles. The minimum atomic E-state index is -0.974. The summed E-state index contributed by atoms with van der Waals surface area (Å²) >= 11 is 0. The quantitative estimate of drug-likeness (QED) is 0.562. The van der Waals surface area contributed by atoms with Crippen molar-refractivity contribution in [3.63, 3.8) is 0 Å². The van der Waals surface area contributed by atoms with Crippen LogP contribution in [0.25, 0.3) is 0 Å². The summed E-state index contributed by atoms with van der Waals surface area (Å²) in [5.74, 6) is -3.32. The summed E-state index contributed by atoms with van der Waals surface area (Å²) in [6, 6.07) is 10.6. The van der Waals surface area contributed by atoms with Crippen molar-refractivity contribution in [1.82, 2.24) is 5.01 Å². The van der Waals surface area contributed by atoms with Gasteiger partial charge in [-0.1, -0.05) is 18.2 Å². The van der Waals surface area contributed by atoms with Crippen LogP contribution in [0, 0.1) is 17.7 Å². The molecular formula is C23H18FN3O4. The van der Waals surface area contributed by atoms with E-state index < -0.39 is 41.6 Å². The lowest BCUT2D eigenvalue weighted by Crippen LogP contribution is -2.46. The molecule has 2 aromatic carbocycles. The van der Waals surface area contributed by atoms with Crippen molar-refractivity contribution in [3.8, 4) is 5.75 Å². The highest BCUT2D eigenvalue weighted by Gasteiger charge is 2.64. The molecule has 4 unspecified atom stereocenters. The fourth-order valence-corrected chi connectivity index (χ4v) is 4.63. The molecule has 0 radical (unpaired) electrons. The van der Waals surface area contributed by atoms with Crippen LogP contribution in [0.15, 0.2) is 65.8 Å². The average Bonchev–Trinajstić information content (AvgIpc) is 3.27. The van der Waals surface area contributed by atoms with Crippen LogP contribution in [0.4, 0.5) is 10.1 Å². The van der Waals surface area contributed by atoms with Gasteiger partial charge in [-0.3, -0.25) is 19.4 Å². The van der Waals surface area contributed by atoms with Crippen molar-refractivity contribution in [2.24, 2.45) is 16.9 Å². The van der Waals surface area contributed by atoms with E-state index in [0.717, 1.165) is 4.90 Å². The molecule has 2 aromatic rings. The number of methoxy groups -OCH3 is 1. The fraction of sp³-hybridized carbons (Fsp3) is 0.217. The van der Waals surface area contributed by atoms with Gasteiger partial charge in [0, 0.05) is 11.8 Å². The number of hydrogen-bond acceptors (Lipinski definition) is 6. The molecule has 31 heavy (non-hydrogen) atoms. The number of ether oxygens (including phenoxy) is 1. The van der Waals surface area contributed by atoms with E-state index in [1.165, 1.54) is 36.5 Å². The Morgan fingerprint density at radius 1 is 1.03 bits per heavy atom. The molecular weight excluding hydrogens is 401 g/mol. The molecule has 156 valence electrons. The number of Topliss-reactive ketones (excluding diaryl/α,β-unsaturated/α-hetero) is 1. The molecule has 4 atom stereocenters. The van der Waals surface area contributed by atoms with Gasteiger partial charge in [0.15, 0.2) is 5.78 Å². The van der Waals surface area contributed by atoms with E-state index in [1.54, 1.807) is 42.5 Å². The van der Waals surface area contributed by atoms with Gasteiger partial charge in [-0.05, 0) is 42.5 Å². The lowest BCUT2D eigenvalue weighted by molar-refractivity contribution is -0.123. The molecule has 3 aliphatic rings. The van der Waals surface area contributed by atoms with Crippen LogP contribution < -0.4 is 9.64 Å². The number of imide groups is 1. The molecule has 0 aromatic heterocycles. The predicted octanol–water partition coefficient (Wildman–Crippen LogP) is 2.43. The number of carbonyl (C=O) groups is 3. The summed E-state index contributed by atoms with van der Waals surface area (Å²) in [6.45, 7) is 0. The maximum atomic E-state index is 14.4. The number of amides is 2. The average molecular weight is 419 g/mol. The maximum absolute atomic E-state index is 14.4. The van der Waals surface area contributed by atoms with E-state index in [9.17, 15) is 18.8 Å². The first-order chi connectivity index (χ1) is 15.0. The molecule has 5 rings (SSSR count). The smallest absolute Gasteiger partial charge is 0.240 e. The first kappa shape index (κ1) is 19.2. The third-order valence-electron chi connectivity index (χ3n) is 6.03. The topological polar surface area (TPSA) is 79.3 Å². The molecule has 8 heteroatoms. The van der Waals surface area contributed by atoms with E-state index in [2.05, 4.69) is 5.10 Å². The number of para-hydroxylation sites is 1. The van der Waals surface area contributed by atoms with Gasteiger partial charge in [0.05, 0.1) is 30.7 Å². The molecule has 3 heterocycles. The minimum Gasteiger partial charge on any atom is -0.497 e. The molecule has 2 amide bonds. The number of ketones is 1. The van der Waals surface area contributed by atoms with Crippen molar-refractivity contribution in [1.29, 1.82) is 0 Å². The number of nitrogens with zero attached hydrogens (tertiary/aromatic N) is 3. The van der Waals surface area contributed by atoms with Gasteiger partial charge in [0.1, 0.15) is 17.6 Å². The second-order valence-electron chi connectivity index (χ2n) is 7.57. The number of hydrogen-bond donors (Lipinski definition) is 0. The predicted molar refractivity (Wildman–Crippen MR) is 110 cm³/mol. The highest BCUT2D eigenvalue weighted by atomic mass is 19.1. The Hall–Kier alpha value is -3.81. The zero-order valence-electron chi connectivity index (χ0n) is 16.5. The van der Waals surface area contributed by atoms with Crippen molar-refractivity contribution in [3.05, 3.63) is 72.1 Å². The van der Waals surface area contributed by atoms with E-state index in [0.29, 0.717) is 11.3 Å². The molecule has 3 aliphatic heterocycles. The summed E-state index contributed by atoms with van der Waals surface area (Å²) in [6.07, 6.45) is 4.96. The van der Waals surface area contributed by atoms with Crippen LogP contribution in [0.1, 0.15) is 10.4 Å². The third kappa shape index (κ3) is 2.78. The number of rotatable bonds is 4. The SMILES string of the molecule is COc1ccc(C(=O)C2C3C(=O)N(c4ccccc4F)C(=O)C3C3C=CC=NN32)cc1. The molecule has 0 spiro atoms. The molecule has 0 N–H and O–H groups in total. The van der Waals surface area contributed by atoms with Gasteiger partial charge in [0.2, 0.25) is 11.8 Å². The lowest BCUT2D eigenvalue weighted by atomic mass is 9.86. The number of anilines is 1. The first-order valence-electron chi connectivity index (χ1n) is 9.82. The van der Waals surface area contributed by atoms with Crippen molar-refractivity contribution < 1.29 is 23.5 Å². The monoisotopic (exact) mass is 419 g/mol. The Balaban J connectivity index is 1.57.